The maximum atomic E-state index is 12.4. The summed E-state index contributed by atoms with van der Waals surface area (Å²) in [7, 11) is -4.36. The Kier molecular flexibility index (Phi) is 6.15. The second-order valence-electron chi connectivity index (χ2n) is 7.07. The van der Waals surface area contributed by atoms with E-state index < -0.39 is 33.8 Å². The summed E-state index contributed by atoms with van der Waals surface area (Å²) in [4.78, 5) is 12.0. The zero-order valence-corrected chi connectivity index (χ0v) is 16.2. The van der Waals surface area contributed by atoms with Crippen molar-refractivity contribution in [2.45, 2.75) is 42.9 Å². The van der Waals surface area contributed by atoms with Gasteiger partial charge in [-0.15, -0.1) is 0 Å². The molecular weight excluding hydrogens is 409 g/mol. The summed E-state index contributed by atoms with van der Waals surface area (Å²) < 4.78 is 63.5. The van der Waals surface area contributed by atoms with Crippen LogP contribution in [0.4, 0.5) is 18.0 Å². The number of amides is 2. The van der Waals surface area contributed by atoms with Crippen molar-refractivity contribution in [1.82, 2.24) is 19.8 Å². The third-order valence-corrected chi connectivity index (χ3v) is 6.05. The Morgan fingerprint density at radius 1 is 1.17 bits per heavy atom. The largest absolute Gasteiger partial charge is 0.408 e. The van der Waals surface area contributed by atoms with E-state index in [0.717, 1.165) is 31.5 Å². The molecule has 7 nitrogen and oxygen atoms in total. The number of halogens is 3. The van der Waals surface area contributed by atoms with E-state index >= 15 is 0 Å². The molecule has 158 valence electrons. The molecule has 11 heteroatoms. The van der Waals surface area contributed by atoms with Crippen molar-refractivity contribution in [3.8, 4) is 0 Å². The lowest BCUT2D eigenvalue weighted by molar-refractivity contribution is -0.142. The molecule has 2 atom stereocenters. The highest BCUT2D eigenvalue weighted by Gasteiger charge is 2.30. The molecule has 0 radical (unpaired) electrons. The summed E-state index contributed by atoms with van der Waals surface area (Å²) in [6, 6.07) is 10.0. The van der Waals surface area contributed by atoms with Gasteiger partial charge in [-0.1, -0.05) is 30.3 Å². The van der Waals surface area contributed by atoms with Crippen molar-refractivity contribution in [3.63, 3.8) is 0 Å². The number of sulfonamides is 1. The zero-order valence-electron chi connectivity index (χ0n) is 15.4. The minimum Gasteiger partial charge on any atom is -0.337 e. The van der Waals surface area contributed by atoms with Gasteiger partial charge in [0.2, 0.25) is 0 Å². The van der Waals surface area contributed by atoms with Gasteiger partial charge in [0.05, 0.1) is 0 Å². The molecule has 1 aromatic carbocycles. The summed E-state index contributed by atoms with van der Waals surface area (Å²) in [6.07, 6.45) is -0.848. The number of urea groups is 1. The van der Waals surface area contributed by atoms with E-state index in [-0.39, 0.29) is 5.92 Å². The molecule has 3 rings (SSSR count). The lowest BCUT2D eigenvalue weighted by Crippen LogP contribution is -2.41. The molecule has 29 heavy (non-hydrogen) atoms. The van der Waals surface area contributed by atoms with E-state index in [0.29, 0.717) is 17.1 Å². The van der Waals surface area contributed by atoms with E-state index in [9.17, 15) is 26.4 Å². The third-order valence-electron chi connectivity index (χ3n) is 4.82. The Morgan fingerprint density at radius 3 is 2.59 bits per heavy atom. The van der Waals surface area contributed by atoms with Gasteiger partial charge < -0.3 is 5.32 Å². The smallest absolute Gasteiger partial charge is 0.337 e. The average molecular weight is 430 g/mol. The molecule has 1 saturated carbocycles. The topological polar surface area (TPSA) is 93.1 Å². The second kappa shape index (κ2) is 8.44. The minimum absolute atomic E-state index is 0.222. The number of nitrogens with zero attached hydrogens (tertiary/aromatic N) is 2. The van der Waals surface area contributed by atoms with Crippen LogP contribution in [-0.2, 0) is 16.6 Å². The van der Waals surface area contributed by atoms with E-state index in [1.54, 1.807) is 4.72 Å². The van der Waals surface area contributed by atoms with Crippen LogP contribution in [-0.4, -0.2) is 37.0 Å². The molecule has 1 aromatic heterocycles. The number of benzene rings is 1. The highest BCUT2D eigenvalue weighted by atomic mass is 32.2. The predicted octanol–water partition coefficient (Wildman–Crippen LogP) is 3.02. The summed E-state index contributed by atoms with van der Waals surface area (Å²) in [5.74, 6) is 0.632. The van der Waals surface area contributed by atoms with Crippen molar-refractivity contribution in [1.29, 1.82) is 0 Å². The van der Waals surface area contributed by atoms with Crippen LogP contribution in [0, 0.1) is 5.92 Å². The normalized spacial score (nSPS) is 19.8. The molecule has 1 aliphatic carbocycles. The maximum Gasteiger partial charge on any atom is 0.408 e. The highest BCUT2D eigenvalue weighted by Crippen LogP contribution is 2.37. The van der Waals surface area contributed by atoms with E-state index in [2.05, 4.69) is 22.5 Å². The van der Waals surface area contributed by atoms with Crippen molar-refractivity contribution in [2.75, 3.05) is 6.54 Å². The Bertz CT molecular complexity index is 945. The van der Waals surface area contributed by atoms with Gasteiger partial charge in [0.15, 0.2) is 5.03 Å². The fraction of sp³-hybridized carbons (Fsp3) is 0.444. The zero-order chi connectivity index (χ0) is 21.1. The number of hydrogen-bond acceptors (Lipinski definition) is 4. The molecule has 2 aromatic rings. The summed E-state index contributed by atoms with van der Waals surface area (Å²) >= 11 is 0. The van der Waals surface area contributed by atoms with Crippen LogP contribution in [0.1, 0.15) is 30.7 Å². The van der Waals surface area contributed by atoms with Gasteiger partial charge in [-0.05, 0) is 42.7 Å². The SMILES string of the molecule is O=C(NCC1CCC(c2ccccc2)C1)NS(=O)(=O)c1ccn(CC(F)(F)F)n1. The van der Waals surface area contributed by atoms with E-state index in [4.69, 9.17) is 0 Å². The van der Waals surface area contributed by atoms with E-state index in [1.165, 1.54) is 5.56 Å². The van der Waals surface area contributed by atoms with Gasteiger partial charge >= 0.3 is 12.2 Å². The van der Waals surface area contributed by atoms with Gasteiger partial charge in [-0.2, -0.15) is 26.7 Å². The first-order valence-corrected chi connectivity index (χ1v) is 10.6. The van der Waals surface area contributed by atoms with Crippen LogP contribution in [0.3, 0.4) is 0 Å². The number of nitrogens with one attached hydrogen (secondary N) is 2. The summed E-state index contributed by atoms with van der Waals surface area (Å²) in [6.45, 7) is -1.10. The van der Waals surface area contributed by atoms with Crippen LogP contribution in [0.5, 0.6) is 0 Å². The minimum atomic E-state index is -4.53. The summed E-state index contributed by atoms with van der Waals surface area (Å²) in [5.41, 5.74) is 1.25. The molecule has 0 spiro atoms. The Morgan fingerprint density at radius 2 is 1.90 bits per heavy atom. The Balaban J connectivity index is 1.49. The lowest BCUT2D eigenvalue weighted by atomic mass is 9.96. The third kappa shape index (κ3) is 5.96. The van der Waals surface area contributed by atoms with Crippen molar-refractivity contribution >= 4 is 16.1 Å². The van der Waals surface area contributed by atoms with Gasteiger partial charge in [0.1, 0.15) is 6.54 Å². The van der Waals surface area contributed by atoms with Crippen LogP contribution in [0.15, 0.2) is 47.6 Å². The molecule has 1 aliphatic rings. The monoisotopic (exact) mass is 430 g/mol. The molecular formula is C18H21F3N4O3S. The second-order valence-corrected chi connectivity index (χ2v) is 8.70. The number of aromatic nitrogens is 2. The molecule has 0 bridgehead atoms. The average Bonchev–Trinajstić information content (AvgIpc) is 3.29. The van der Waals surface area contributed by atoms with Crippen molar-refractivity contribution < 1.29 is 26.4 Å². The number of carbonyl (C=O) groups is 1. The van der Waals surface area contributed by atoms with Crippen LogP contribution < -0.4 is 10.0 Å². The lowest BCUT2D eigenvalue weighted by Gasteiger charge is -2.13. The molecule has 2 amide bonds. The highest BCUT2D eigenvalue weighted by molar-refractivity contribution is 7.90. The summed E-state index contributed by atoms with van der Waals surface area (Å²) in [5, 5.41) is 5.24. The molecule has 1 fully saturated rings. The first-order valence-electron chi connectivity index (χ1n) is 9.08. The number of alkyl halides is 3. The van der Waals surface area contributed by atoms with Crippen LogP contribution >= 0.6 is 0 Å². The fourth-order valence-corrected chi connectivity index (χ4v) is 4.37. The van der Waals surface area contributed by atoms with Gasteiger partial charge in [-0.3, -0.25) is 4.68 Å². The van der Waals surface area contributed by atoms with E-state index in [1.807, 2.05) is 18.2 Å². The first-order chi connectivity index (χ1) is 13.6. The van der Waals surface area contributed by atoms with Gasteiger partial charge in [-0.25, -0.2) is 9.52 Å². The standard InChI is InChI=1S/C18H21F3N4O3S/c19-18(20,21)12-25-9-8-16(23-25)29(27,28)24-17(26)22-11-13-6-7-15(10-13)14-4-2-1-3-5-14/h1-5,8-9,13,15H,6-7,10-12H2,(H2,22,24,26). The van der Waals surface area contributed by atoms with Crippen LogP contribution in [0.25, 0.3) is 0 Å². The van der Waals surface area contributed by atoms with Crippen LogP contribution in [0.2, 0.25) is 0 Å². The number of carbonyl (C=O) groups excluding carboxylic acids is 1. The fourth-order valence-electron chi connectivity index (χ4n) is 3.49. The maximum absolute atomic E-state index is 12.4. The molecule has 2 N–H and O–H groups in total. The molecule has 2 unspecified atom stereocenters. The number of hydrogen-bond donors (Lipinski definition) is 2. The number of rotatable bonds is 6. The predicted molar refractivity (Wildman–Crippen MR) is 98.5 cm³/mol. The quantitative estimate of drug-likeness (QED) is 0.737. The Labute approximate surface area is 166 Å². The molecule has 1 heterocycles. The van der Waals surface area contributed by atoms with Crippen molar-refractivity contribution in [2.24, 2.45) is 5.92 Å². The van der Waals surface area contributed by atoms with Crippen molar-refractivity contribution in [3.05, 3.63) is 48.2 Å². The molecule has 0 saturated heterocycles. The van der Waals surface area contributed by atoms with Gasteiger partial charge in [0.25, 0.3) is 10.0 Å². The first kappa shape index (κ1) is 21.2. The Hall–Kier alpha value is -2.56. The molecule has 0 aliphatic heterocycles. The van der Waals surface area contributed by atoms with Gasteiger partial charge in [0, 0.05) is 12.7 Å².